The van der Waals surface area contributed by atoms with Gasteiger partial charge in [-0.2, -0.15) is 5.10 Å². The number of hydrogen-bond acceptors (Lipinski definition) is 6. The third-order valence-corrected chi connectivity index (χ3v) is 4.96. The first kappa shape index (κ1) is 18.9. The normalized spacial score (nSPS) is 11.6. The van der Waals surface area contributed by atoms with Gasteiger partial charge in [-0.1, -0.05) is 6.07 Å². The smallest absolute Gasteiger partial charge is 0.229 e. The third-order valence-electron chi connectivity index (χ3n) is 4.37. The van der Waals surface area contributed by atoms with Gasteiger partial charge in [0.05, 0.1) is 42.2 Å². The van der Waals surface area contributed by atoms with E-state index < -0.39 is 10.0 Å². The molecule has 0 spiro atoms. The van der Waals surface area contributed by atoms with Gasteiger partial charge in [-0.3, -0.25) is 14.4 Å². The van der Waals surface area contributed by atoms with Gasteiger partial charge >= 0.3 is 0 Å². The van der Waals surface area contributed by atoms with Crippen LogP contribution in [0.3, 0.4) is 0 Å². The van der Waals surface area contributed by atoms with Crippen molar-refractivity contribution in [2.24, 2.45) is 7.05 Å². The number of fused-ring (bicyclic) bond motifs is 1. The second-order valence-electron chi connectivity index (χ2n) is 6.62. The first-order valence-corrected chi connectivity index (χ1v) is 10.6. The zero-order valence-corrected chi connectivity index (χ0v) is 16.9. The van der Waals surface area contributed by atoms with Crippen molar-refractivity contribution in [2.45, 2.75) is 0 Å². The van der Waals surface area contributed by atoms with Crippen molar-refractivity contribution in [2.75, 3.05) is 18.1 Å². The molecule has 1 aromatic carbocycles. The molecule has 148 valence electrons. The SMILES string of the molecule is COc1cc2nc(-c3cnn(C)c3)cc(-c3ccccn3)c2cc1NS(C)(=O)=O. The Hall–Kier alpha value is -3.46. The number of nitrogens with zero attached hydrogens (tertiary/aromatic N) is 4. The average molecular weight is 409 g/mol. The van der Waals surface area contributed by atoms with E-state index in [1.54, 1.807) is 29.2 Å². The fourth-order valence-corrected chi connectivity index (χ4v) is 3.70. The molecule has 4 aromatic rings. The molecule has 4 rings (SSSR count). The van der Waals surface area contributed by atoms with E-state index in [1.807, 2.05) is 37.5 Å². The van der Waals surface area contributed by atoms with Crippen LogP contribution in [-0.2, 0) is 17.1 Å². The number of methoxy groups -OCH3 is 1. The summed E-state index contributed by atoms with van der Waals surface area (Å²) < 4.78 is 33.2. The Labute approximate surface area is 168 Å². The van der Waals surface area contributed by atoms with E-state index in [0.717, 1.165) is 34.2 Å². The highest BCUT2D eigenvalue weighted by Crippen LogP contribution is 2.37. The Morgan fingerprint density at radius 1 is 1.14 bits per heavy atom. The second-order valence-corrected chi connectivity index (χ2v) is 8.37. The Balaban J connectivity index is 2.02. The van der Waals surface area contributed by atoms with Crippen molar-refractivity contribution >= 4 is 26.6 Å². The Morgan fingerprint density at radius 2 is 1.97 bits per heavy atom. The summed E-state index contributed by atoms with van der Waals surface area (Å²) in [7, 11) is -0.152. The summed E-state index contributed by atoms with van der Waals surface area (Å²) in [5, 5.41) is 4.98. The van der Waals surface area contributed by atoms with Crippen molar-refractivity contribution in [3.63, 3.8) is 0 Å². The molecule has 0 saturated carbocycles. The lowest BCUT2D eigenvalue weighted by atomic mass is 10.0. The maximum atomic E-state index is 11.8. The van der Waals surface area contributed by atoms with Crippen LogP contribution in [0.2, 0.25) is 0 Å². The van der Waals surface area contributed by atoms with E-state index in [0.29, 0.717) is 17.0 Å². The van der Waals surface area contributed by atoms with Crippen LogP contribution in [-0.4, -0.2) is 41.5 Å². The lowest BCUT2D eigenvalue weighted by molar-refractivity contribution is 0.417. The molecular formula is C20H19N5O3S. The van der Waals surface area contributed by atoms with E-state index in [9.17, 15) is 8.42 Å². The monoisotopic (exact) mass is 409 g/mol. The molecule has 29 heavy (non-hydrogen) atoms. The number of hydrogen-bond donors (Lipinski definition) is 1. The number of sulfonamides is 1. The van der Waals surface area contributed by atoms with Crippen molar-refractivity contribution in [3.05, 3.63) is 55.0 Å². The molecule has 0 radical (unpaired) electrons. The molecule has 0 unspecified atom stereocenters. The zero-order chi connectivity index (χ0) is 20.6. The van der Waals surface area contributed by atoms with Gasteiger partial charge in [-0.15, -0.1) is 0 Å². The van der Waals surface area contributed by atoms with Gasteiger partial charge in [0.15, 0.2) is 0 Å². The molecule has 0 bridgehead atoms. The van der Waals surface area contributed by atoms with Crippen molar-refractivity contribution < 1.29 is 13.2 Å². The molecule has 0 aliphatic heterocycles. The number of aromatic nitrogens is 4. The van der Waals surface area contributed by atoms with Crippen LogP contribution in [0.1, 0.15) is 0 Å². The van der Waals surface area contributed by atoms with Gasteiger partial charge < -0.3 is 4.74 Å². The first-order chi connectivity index (χ1) is 13.8. The van der Waals surface area contributed by atoms with Gasteiger partial charge in [-0.05, 0) is 24.3 Å². The van der Waals surface area contributed by atoms with E-state index in [4.69, 9.17) is 9.72 Å². The van der Waals surface area contributed by atoms with Gasteiger partial charge in [0, 0.05) is 42.0 Å². The van der Waals surface area contributed by atoms with Crippen molar-refractivity contribution in [1.82, 2.24) is 19.7 Å². The van der Waals surface area contributed by atoms with Gasteiger partial charge in [0.1, 0.15) is 5.75 Å². The maximum absolute atomic E-state index is 11.8. The molecule has 0 amide bonds. The standard InChI is InChI=1S/C20H19N5O3S/c1-25-12-13(11-22-25)17-8-14(16-6-4-5-7-21-16)15-9-19(24-29(3,26)27)20(28-2)10-18(15)23-17/h4-12,24H,1-3H3. The van der Waals surface area contributed by atoms with E-state index in [-0.39, 0.29) is 0 Å². The quantitative estimate of drug-likeness (QED) is 0.544. The number of benzene rings is 1. The minimum absolute atomic E-state index is 0.343. The van der Waals surface area contributed by atoms with E-state index in [1.165, 1.54) is 7.11 Å². The summed E-state index contributed by atoms with van der Waals surface area (Å²) in [4.78, 5) is 9.22. The molecular weight excluding hydrogens is 390 g/mol. The second kappa shape index (κ2) is 7.17. The summed E-state index contributed by atoms with van der Waals surface area (Å²) in [5.41, 5.74) is 4.17. The molecule has 0 fully saturated rings. The number of pyridine rings is 2. The number of rotatable bonds is 5. The van der Waals surface area contributed by atoms with E-state index >= 15 is 0 Å². The van der Waals surface area contributed by atoms with Gasteiger partial charge in [0.2, 0.25) is 10.0 Å². The summed E-state index contributed by atoms with van der Waals surface area (Å²) in [5.74, 6) is 0.380. The Kier molecular flexibility index (Phi) is 4.67. The number of anilines is 1. The summed E-state index contributed by atoms with van der Waals surface area (Å²) in [6.45, 7) is 0. The summed E-state index contributed by atoms with van der Waals surface area (Å²) in [6.07, 6.45) is 6.44. The van der Waals surface area contributed by atoms with Crippen molar-refractivity contribution in [3.8, 4) is 28.3 Å². The van der Waals surface area contributed by atoms with Gasteiger partial charge in [0.25, 0.3) is 0 Å². The molecule has 3 aromatic heterocycles. The molecule has 3 heterocycles. The molecule has 0 saturated heterocycles. The average Bonchev–Trinajstić information content (AvgIpc) is 3.12. The maximum Gasteiger partial charge on any atom is 0.229 e. The highest BCUT2D eigenvalue weighted by Gasteiger charge is 2.16. The lowest BCUT2D eigenvalue weighted by Gasteiger charge is -2.14. The topological polar surface area (TPSA) is 99.0 Å². The minimum atomic E-state index is -3.48. The first-order valence-electron chi connectivity index (χ1n) is 8.75. The number of nitrogens with one attached hydrogen (secondary N) is 1. The summed E-state index contributed by atoms with van der Waals surface area (Å²) >= 11 is 0. The number of aryl methyl sites for hydroxylation is 1. The van der Waals surface area contributed by atoms with Crippen LogP contribution >= 0.6 is 0 Å². The summed E-state index contributed by atoms with van der Waals surface area (Å²) in [6, 6.07) is 11.0. The number of ether oxygens (including phenoxy) is 1. The predicted octanol–water partition coefficient (Wildman–Crippen LogP) is 3.08. The molecule has 9 heteroatoms. The third kappa shape index (κ3) is 3.90. The largest absolute Gasteiger partial charge is 0.494 e. The Morgan fingerprint density at radius 3 is 2.59 bits per heavy atom. The molecule has 0 aliphatic rings. The van der Waals surface area contributed by atoms with Crippen LogP contribution in [0.5, 0.6) is 5.75 Å². The van der Waals surface area contributed by atoms with Crippen LogP contribution in [0.15, 0.2) is 55.0 Å². The van der Waals surface area contributed by atoms with Crippen LogP contribution in [0.4, 0.5) is 5.69 Å². The highest BCUT2D eigenvalue weighted by molar-refractivity contribution is 7.92. The fourth-order valence-electron chi connectivity index (χ4n) is 3.14. The lowest BCUT2D eigenvalue weighted by Crippen LogP contribution is -2.10. The van der Waals surface area contributed by atoms with Gasteiger partial charge in [-0.25, -0.2) is 13.4 Å². The van der Waals surface area contributed by atoms with Crippen molar-refractivity contribution in [1.29, 1.82) is 0 Å². The highest BCUT2D eigenvalue weighted by atomic mass is 32.2. The molecule has 0 aliphatic carbocycles. The molecule has 1 N–H and O–H groups in total. The fraction of sp³-hybridized carbons (Fsp3) is 0.150. The minimum Gasteiger partial charge on any atom is -0.494 e. The predicted molar refractivity (Wildman–Crippen MR) is 112 cm³/mol. The van der Waals surface area contributed by atoms with Crippen LogP contribution in [0, 0.1) is 0 Å². The van der Waals surface area contributed by atoms with Crippen LogP contribution < -0.4 is 9.46 Å². The zero-order valence-electron chi connectivity index (χ0n) is 16.1. The molecule has 8 nitrogen and oxygen atoms in total. The van der Waals surface area contributed by atoms with Crippen LogP contribution in [0.25, 0.3) is 33.4 Å². The van der Waals surface area contributed by atoms with E-state index in [2.05, 4.69) is 14.8 Å². The Bertz CT molecular complexity index is 1300. The molecule has 0 atom stereocenters.